The molecule has 11 heteroatoms. The van der Waals surface area contributed by atoms with Crippen LogP contribution in [0.1, 0.15) is 30.5 Å². The van der Waals surface area contributed by atoms with Crippen molar-refractivity contribution in [3.05, 3.63) is 29.6 Å². The number of pyridine rings is 2. The van der Waals surface area contributed by atoms with Crippen molar-refractivity contribution >= 4 is 11.0 Å². The molecule has 0 unspecified atom stereocenters. The number of ether oxygens (including phenoxy) is 1. The zero-order valence-corrected chi connectivity index (χ0v) is 16.8. The van der Waals surface area contributed by atoms with Crippen molar-refractivity contribution in [2.24, 2.45) is 13.0 Å². The normalized spacial score (nSPS) is 15.2. The maximum atomic E-state index is 13.7. The number of piperidine rings is 1. The third-order valence-corrected chi connectivity index (χ3v) is 5.38. The van der Waals surface area contributed by atoms with Crippen LogP contribution in [-0.2, 0) is 13.2 Å². The predicted octanol–water partition coefficient (Wildman–Crippen LogP) is 3.08. The molecular weight excluding hydrogens is 411 g/mol. The van der Waals surface area contributed by atoms with Gasteiger partial charge < -0.3 is 10.1 Å². The van der Waals surface area contributed by atoms with Crippen molar-refractivity contribution in [3.8, 4) is 23.2 Å². The average molecular weight is 431 g/mol. The number of fused-ring (bicyclic) bond motifs is 1. The number of rotatable bonds is 5. The van der Waals surface area contributed by atoms with E-state index in [1.807, 2.05) is 6.07 Å². The molecule has 1 saturated heterocycles. The van der Waals surface area contributed by atoms with Gasteiger partial charge in [-0.1, -0.05) is 5.21 Å². The molecule has 0 spiro atoms. The monoisotopic (exact) mass is 431 g/mol. The lowest BCUT2D eigenvalue weighted by atomic mass is 9.95. The predicted molar refractivity (Wildman–Crippen MR) is 105 cm³/mol. The van der Waals surface area contributed by atoms with E-state index in [0.717, 1.165) is 32.0 Å². The summed E-state index contributed by atoms with van der Waals surface area (Å²) in [6.45, 7) is 2.00. The summed E-state index contributed by atoms with van der Waals surface area (Å²) >= 11 is 0. The number of hydrogen-bond donors (Lipinski definition) is 1. The Morgan fingerprint density at radius 2 is 2.06 bits per heavy atom. The van der Waals surface area contributed by atoms with E-state index in [4.69, 9.17) is 4.74 Å². The van der Waals surface area contributed by atoms with Crippen LogP contribution in [0, 0.1) is 17.2 Å². The molecule has 0 bridgehead atoms. The molecule has 31 heavy (non-hydrogen) atoms. The Hall–Kier alpha value is -3.26. The van der Waals surface area contributed by atoms with Crippen molar-refractivity contribution in [3.63, 3.8) is 0 Å². The zero-order chi connectivity index (χ0) is 22.0. The Morgan fingerprint density at radius 1 is 1.29 bits per heavy atom. The van der Waals surface area contributed by atoms with Gasteiger partial charge in [0.1, 0.15) is 17.1 Å². The van der Waals surface area contributed by atoms with Crippen LogP contribution in [0.3, 0.4) is 0 Å². The molecule has 0 amide bonds. The first-order chi connectivity index (χ1) is 14.9. The minimum absolute atomic E-state index is 0.0172. The second-order valence-corrected chi connectivity index (χ2v) is 7.45. The van der Waals surface area contributed by atoms with E-state index in [9.17, 15) is 18.4 Å². The van der Waals surface area contributed by atoms with Crippen LogP contribution in [0.2, 0.25) is 0 Å². The quantitative estimate of drug-likeness (QED) is 0.662. The highest BCUT2D eigenvalue weighted by Crippen LogP contribution is 2.37. The molecule has 0 radical (unpaired) electrons. The van der Waals surface area contributed by atoms with Gasteiger partial charge in [-0.15, -0.1) is 5.10 Å². The number of alkyl halides is 3. The molecule has 162 valence electrons. The van der Waals surface area contributed by atoms with Crippen molar-refractivity contribution in [1.82, 2.24) is 30.3 Å². The van der Waals surface area contributed by atoms with Gasteiger partial charge >= 0.3 is 6.18 Å². The molecule has 0 saturated carbocycles. The number of hydrogen-bond acceptors (Lipinski definition) is 7. The van der Waals surface area contributed by atoms with Crippen LogP contribution in [-0.4, -0.2) is 44.7 Å². The van der Waals surface area contributed by atoms with E-state index in [0.29, 0.717) is 17.9 Å². The van der Waals surface area contributed by atoms with Gasteiger partial charge in [-0.3, -0.25) is 0 Å². The van der Waals surface area contributed by atoms with E-state index in [-0.39, 0.29) is 29.1 Å². The largest absolute Gasteiger partial charge is 0.477 e. The van der Waals surface area contributed by atoms with Crippen LogP contribution < -0.4 is 10.1 Å². The molecule has 0 aromatic carbocycles. The molecule has 3 aromatic heterocycles. The van der Waals surface area contributed by atoms with Gasteiger partial charge in [-0.25, -0.2) is 14.6 Å². The molecule has 0 atom stereocenters. The maximum absolute atomic E-state index is 13.7. The fourth-order valence-corrected chi connectivity index (χ4v) is 3.66. The van der Waals surface area contributed by atoms with E-state index < -0.39 is 17.6 Å². The van der Waals surface area contributed by atoms with Crippen LogP contribution >= 0.6 is 0 Å². The fraction of sp³-hybridized carbons (Fsp3) is 0.450. The van der Waals surface area contributed by atoms with Gasteiger partial charge in [0.25, 0.3) is 0 Å². The Balaban J connectivity index is 1.63. The second-order valence-electron chi connectivity index (χ2n) is 7.45. The van der Waals surface area contributed by atoms with Gasteiger partial charge in [0.15, 0.2) is 5.69 Å². The summed E-state index contributed by atoms with van der Waals surface area (Å²) in [4.78, 5) is 8.08. The summed E-state index contributed by atoms with van der Waals surface area (Å²) in [6.07, 6.45) is -0.725. The first kappa shape index (κ1) is 21.0. The van der Waals surface area contributed by atoms with Gasteiger partial charge in [0.2, 0.25) is 5.88 Å². The molecule has 1 aliphatic rings. The minimum atomic E-state index is -4.65. The third-order valence-electron chi connectivity index (χ3n) is 5.38. The Morgan fingerprint density at radius 3 is 2.77 bits per heavy atom. The van der Waals surface area contributed by atoms with Crippen LogP contribution in [0.15, 0.2) is 18.3 Å². The van der Waals surface area contributed by atoms with Crippen molar-refractivity contribution in [2.75, 3.05) is 19.7 Å². The third kappa shape index (κ3) is 4.44. The van der Waals surface area contributed by atoms with Crippen LogP contribution in [0.5, 0.6) is 5.88 Å². The molecule has 0 aliphatic carbocycles. The number of nitrogens with zero attached hydrogens (tertiary/aromatic N) is 6. The summed E-state index contributed by atoms with van der Waals surface area (Å²) < 4.78 is 48.0. The first-order valence-electron chi connectivity index (χ1n) is 9.88. The van der Waals surface area contributed by atoms with Crippen molar-refractivity contribution < 1.29 is 17.9 Å². The summed E-state index contributed by atoms with van der Waals surface area (Å²) in [5.74, 6) is -0.0170. The number of aryl methyl sites for hydroxylation is 1. The Labute approximate surface area is 176 Å². The number of aromatic nitrogens is 5. The molecule has 3 aromatic rings. The van der Waals surface area contributed by atoms with Gasteiger partial charge in [0.05, 0.1) is 17.8 Å². The topological polar surface area (TPSA) is 102 Å². The summed E-state index contributed by atoms with van der Waals surface area (Å²) in [7, 11) is 1.62. The smallest absolute Gasteiger partial charge is 0.421 e. The molecule has 4 rings (SSSR count). The molecule has 1 fully saturated rings. The average Bonchev–Trinajstić information content (AvgIpc) is 3.14. The van der Waals surface area contributed by atoms with E-state index >= 15 is 0 Å². The van der Waals surface area contributed by atoms with Gasteiger partial charge in [0, 0.05) is 18.8 Å². The van der Waals surface area contributed by atoms with Crippen LogP contribution in [0.25, 0.3) is 22.3 Å². The van der Waals surface area contributed by atoms with Crippen molar-refractivity contribution in [2.45, 2.75) is 25.4 Å². The fourth-order valence-electron chi connectivity index (χ4n) is 3.66. The Bertz CT molecular complexity index is 1130. The number of halogens is 3. The summed E-state index contributed by atoms with van der Waals surface area (Å²) in [6, 6.07) is 4.39. The SMILES string of the molecule is Cn1nnc2c(C#N)nc(-c3cnc(OCCC4CCNCC4)c(C(F)(F)F)c3)cc21. The Kier molecular flexibility index (Phi) is 5.73. The van der Waals surface area contributed by atoms with Crippen molar-refractivity contribution in [1.29, 1.82) is 5.26 Å². The maximum Gasteiger partial charge on any atom is 0.421 e. The molecule has 8 nitrogen and oxygen atoms in total. The van der Waals surface area contributed by atoms with Gasteiger partial charge in [-0.2, -0.15) is 18.4 Å². The highest BCUT2D eigenvalue weighted by atomic mass is 19.4. The number of nitriles is 1. The molecule has 1 N–H and O–H groups in total. The highest BCUT2D eigenvalue weighted by Gasteiger charge is 2.36. The number of nitrogens with one attached hydrogen (secondary N) is 1. The highest BCUT2D eigenvalue weighted by molar-refractivity contribution is 5.83. The van der Waals surface area contributed by atoms with Gasteiger partial charge in [-0.05, 0) is 50.4 Å². The summed E-state index contributed by atoms with van der Waals surface area (Å²) in [5, 5.41) is 20.3. The minimum Gasteiger partial charge on any atom is -0.477 e. The second kappa shape index (κ2) is 8.47. The van der Waals surface area contributed by atoms with E-state index in [2.05, 4.69) is 25.6 Å². The first-order valence-corrected chi connectivity index (χ1v) is 9.88. The summed E-state index contributed by atoms with van der Waals surface area (Å²) in [5.41, 5.74) is 0.0784. The van der Waals surface area contributed by atoms with E-state index in [1.165, 1.54) is 16.9 Å². The molecule has 4 heterocycles. The molecule has 1 aliphatic heterocycles. The lowest BCUT2D eigenvalue weighted by Gasteiger charge is -2.22. The van der Waals surface area contributed by atoms with Crippen LogP contribution in [0.4, 0.5) is 13.2 Å². The standard InChI is InChI=1S/C20H20F3N7O/c1-30-17-9-15(27-16(10-24)18(17)28-29-30)13-8-14(20(21,22)23)19(26-11-13)31-7-4-12-2-5-25-6-3-12/h8-9,11-12,25H,2-7H2,1H3. The lowest BCUT2D eigenvalue weighted by molar-refractivity contribution is -0.139. The molecular formula is C20H20F3N7O. The lowest BCUT2D eigenvalue weighted by Crippen LogP contribution is -2.28. The zero-order valence-electron chi connectivity index (χ0n) is 16.8. The van der Waals surface area contributed by atoms with E-state index in [1.54, 1.807) is 7.05 Å².